The Hall–Kier alpha value is -3.80. The highest BCUT2D eigenvalue weighted by Crippen LogP contribution is 2.26. The van der Waals surface area contributed by atoms with Gasteiger partial charge in [-0.3, -0.25) is 9.36 Å². The van der Waals surface area contributed by atoms with Crippen molar-refractivity contribution in [1.29, 1.82) is 0 Å². The van der Waals surface area contributed by atoms with Gasteiger partial charge in [0.15, 0.2) is 16.6 Å². The molecule has 40 heavy (non-hydrogen) atoms. The zero-order valence-electron chi connectivity index (χ0n) is 23.3. The highest BCUT2D eigenvalue weighted by Gasteiger charge is 2.16. The normalized spacial score (nSPS) is 11.7. The highest BCUT2D eigenvalue weighted by molar-refractivity contribution is 7.98. The summed E-state index contributed by atoms with van der Waals surface area (Å²) in [5.74, 6) is 1.32. The molecule has 5 rings (SSSR count). The second kappa shape index (κ2) is 11.7. The molecule has 0 aliphatic rings. The van der Waals surface area contributed by atoms with Crippen LogP contribution >= 0.6 is 11.8 Å². The van der Waals surface area contributed by atoms with Crippen molar-refractivity contribution >= 4 is 30.9 Å². The maximum Gasteiger partial charge on any atom is 0.264 e. The Kier molecular flexibility index (Phi) is 8.15. The molecule has 0 bridgehead atoms. The van der Waals surface area contributed by atoms with E-state index in [-0.39, 0.29) is 5.56 Å². The number of ether oxygens (including phenoxy) is 2. The Morgan fingerprint density at radius 2 is 1.70 bits per heavy atom. The van der Waals surface area contributed by atoms with E-state index in [2.05, 4.69) is 39.7 Å². The lowest BCUT2D eigenvalue weighted by molar-refractivity contribution is 0.0785. The zero-order valence-corrected chi connectivity index (χ0v) is 25.1. The molecule has 0 amide bonds. The Morgan fingerprint density at radius 1 is 0.975 bits per heavy atom. The summed E-state index contributed by atoms with van der Waals surface area (Å²) in [6.45, 7) is 8.07. The predicted molar refractivity (Wildman–Crippen MR) is 162 cm³/mol. The lowest BCUT2D eigenvalue weighted by Crippen LogP contribution is -2.22. The molecule has 0 fully saturated rings. The van der Waals surface area contributed by atoms with E-state index in [1.54, 1.807) is 28.9 Å². The van der Waals surface area contributed by atoms with Crippen LogP contribution in [0, 0.1) is 0 Å². The molecule has 0 saturated carbocycles. The summed E-state index contributed by atoms with van der Waals surface area (Å²) in [6, 6.07) is 18.0. The monoisotopic (exact) mass is 572 g/mol. The first kappa shape index (κ1) is 27.8. The maximum atomic E-state index is 13.9. The fraction of sp³-hybridized carbons (Fsp3) is 0.276. The van der Waals surface area contributed by atoms with E-state index >= 15 is 0 Å². The van der Waals surface area contributed by atoms with E-state index in [0.717, 1.165) is 34.9 Å². The highest BCUT2D eigenvalue weighted by atomic mass is 32.2. The summed E-state index contributed by atoms with van der Waals surface area (Å²) in [6.07, 6.45) is 5.34. The fourth-order valence-corrected chi connectivity index (χ4v) is 5.27. The van der Waals surface area contributed by atoms with Crippen LogP contribution in [0.1, 0.15) is 0 Å². The van der Waals surface area contributed by atoms with Crippen molar-refractivity contribution in [2.75, 3.05) is 20.0 Å². The van der Waals surface area contributed by atoms with Crippen LogP contribution in [-0.4, -0.2) is 57.3 Å². The lowest BCUT2D eigenvalue weighted by atomic mass is 10.1. The number of hydrogen-bond acceptors (Lipinski definition) is 8. The summed E-state index contributed by atoms with van der Waals surface area (Å²) in [5.41, 5.74) is 3.24. The zero-order chi connectivity index (χ0) is 28.3. The second-order valence-electron chi connectivity index (χ2n) is 10.6. The van der Waals surface area contributed by atoms with Crippen LogP contribution in [-0.2, 0) is 11.5 Å². The van der Waals surface area contributed by atoms with Crippen LogP contribution < -0.4 is 10.3 Å². The van der Waals surface area contributed by atoms with Crippen molar-refractivity contribution in [1.82, 2.24) is 29.3 Å². The average molecular weight is 573 g/mol. The number of aromatic nitrogens is 6. The molecule has 3 heterocycles. The topological polar surface area (TPSA) is 97.0 Å². The minimum Gasteiger partial charge on any atom is -0.497 e. The molecule has 0 atom stereocenters. The number of methoxy groups -OCH3 is 1. The van der Waals surface area contributed by atoms with E-state index in [4.69, 9.17) is 9.47 Å². The number of pyridine rings is 1. The fourth-order valence-electron chi connectivity index (χ4n) is 4.18. The average Bonchev–Trinajstić information content (AvgIpc) is 3.43. The molecule has 0 spiro atoms. The van der Waals surface area contributed by atoms with Gasteiger partial charge in [-0.1, -0.05) is 43.5 Å². The van der Waals surface area contributed by atoms with Gasteiger partial charge in [-0.25, -0.2) is 19.6 Å². The molecule has 206 valence electrons. The standard InChI is InChI=1S/C29H32N6O3SSi/c1-37-24-12-8-20(9-13-24)25-16-22-17-30-29(39-2)32-27(22)35(28(25)36)23-10-6-21(7-11-23)26-31-18-34(33-26)19-38-14-15-40(3,4)5/h6-13,16-18H,14-15,19H2,1-5H3. The van der Waals surface area contributed by atoms with Gasteiger partial charge in [0.2, 0.25) is 0 Å². The molecule has 0 unspecified atom stereocenters. The molecule has 9 nitrogen and oxygen atoms in total. The third kappa shape index (κ3) is 6.16. The van der Waals surface area contributed by atoms with Gasteiger partial charge in [-0.2, -0.15) is 0 Å². The lowest BCUT2D eigenvalue weighted by Gasteiger charge is -2.15. The summed E-state index contributed by atoms with van der Waals surface area (Å²) in [5, 5.41) is 5.92. The van der Waals surface area contributed by atoms with Gasteiger partial charge in [0.1, 0.15) is 18.8 Å². The third-order valence-corrected chi connectivity index (χ3v) is 8.71. The van der Waals surface area contributed by atoms with Gasteiger partial charge in [0, 0.05) is 37.4 Å². The van der Waals surface area contributed by atoms with Crippen LogP contribution in [0.3, 0.4) is 0 Å². The number of hydrogen-bond donors (Lipinski definition) is 0. The van der Waals surface area contributed by atoms with Gasteiger partial charge in [-0.05, 0) is 60.3 Å². The van der Waals surface area contributed by atoms with Crippen molar-refractivity contribution < 1.29 is 9.47 Å². The van der Waals surface area contributed by atoms with Crippen molar-refractivity contribution in [3.63, 3.8) is 0 Å². The van der Waals surface area contributed by atoms with E-state index in [9.17, 15) is 4.79 Å². The number of benzene rings is 2. The minimum absolute atomic E-state index is 0.172. The Balaban J connectivity index is 1.48. The molecule has 5 aromatic rings. The molecule has 0 aliphatic carbocycles. The third-order valence-electron chi connectivity index (χ3n) is 6.44. The van der Waals surface area contributed by atoms with E-state index in [1.165, 1.54) is 11.8 Å². The molecular weight excluding hydrogens is 541 g/mol. The van der Waals surface area contributed by atoms with E-state index < -0.39 is 8.07 Å². The van der Waals surface area contributed by atoms with E-state index in [0.29, 0.717) is 34.6 Å². The van der Waals surface area contributed by atoms with Gasteiger partial charge < -0.3 is 9.47 Å². The molecule has 0 aliphatic heterocycles. The van der Waals surface area contributed by atoms with Crippen LogP contribution in [0.15, 0.2) is 77.1 Å². The molecule has 0 N–H and O–H groups in total. The Bertz CT molecular complexity index is 1680. The van der Waals surface area contributed by atoms with Gasteiger partial charge in [0.25, 0.3) is 5.56 Å². The van der Waals surface area contributed by atoms with Crippen molar-refractivity contribution in [2.24, 2.45) is 0 Å². The van der Waals surface area contributed by atoms with Crippen LogP contribution in [0.4, 0.5) is 0 Å². The maximum absolute atomic E-state index is 13.9. The van der Waals surface area contributed by atoms with Crippen LogP contribution in [0.5, 0.6) is 5.75 Å². The minimum atomic E-state index is -1.14. The number of rotatable bonds is 10. The van der Waals surface area contributed by atoms with Crippen molar-refractivity contribution in [3.8, 4) is 34.0 Å². The smallest absolute Gasteiger partial charge is 0.264 e. The molecule has 0 radical (unpaired) electrons. The molecule has 11 heteroatoms. The molecule has 2 aromatic carbocycles. The number of nitrogens with zero attached hydrogens (tertiary/aromatic N) is 6. The quantitative estimate of drug-likeness (QED) is 0.0903. The number of thioether (sulfide) groups is 1. The van der Waals surface area contributed by atoms with Crippen LogP contribution in [0.25, 0.3) is 39.2 Å². The van der Waals surface area contributed by atoms with Gasteiger partial charge in [0.05, 0.1) is 12.8 Å². The molecular formula is C29H32N6O3SSi. The van der Waals surface area contributed by atoms with Gasteiger partial charge >= 0.3 is 0 Å². The van der Waals surface area contributed by atoms with E-state index in [1.807, 2.05) is 60.9 Å². The first-order valence-electron chi connectivity index (χ1n) is 12.9. The summed E-state index contributed by atoms with van der Waals surface area (Å²) in [4.78, 5) is 27.5. The Morgan fingerprint density at radius 3 is 2.38 bits per heavy atom. The van der Waals surface area contributed by atoms with Crippen molar-refractivity contribution in [2.45, 2.75) is 37.6 Å². The SMILES string of the molecule is COc1ccc(-c2cc3cnc(SC)nc3n(-c3ccc(-c4ncn(COCC[Si](C)(C)C)n4)cc3)c2=O)cc1. The van der Waals surface area contributed by atoms with Gasteiger partial charge in [-0.15, -0.1) is 5.10 Å². The summed E-state index contributed by atoms with van der Waals surface area (Å²) < 4.78 is 14.4. The van der Waals surface area contributed by atoms with Crippen LogP contribution in [0.2, 0.25) is 25.7 Å². The first-order chi connectivity index (χ1) is 19.3. The van der Waals surface area contributed by atoms with Crippen molar-refractivity contribution in [3.05, 3.63) is 77.5 Å². The Labute approximate surface area is 238 Å². The predicted octanol–water partition coefficient (Wildman–Crippen LogP) is 5.75. The molecule has 3 aromatic heterocycles. The summed E-state index contributed by atoms with van der Waals surface area (Å²) >= 11 is 1.43. The first-order valence-corrected chi connectivity index (χ1v) is 17.9. The molecule has 0 saturated heterocycles. The largest absolute Gasteiger partial charge is 0.497 e. The second-order valence-corrected chi connectivity index (χ2v) is 17.0. The summed E-state index contributed by atoms with van der Waals surface area (Å²) in [7, 11) is 0.478. The number of fused-ring (bicyclic) bond motifs is 1.